The first-order valence-electron chi connectivity index (χ1n) is 13.7. The van der Waals surface area contributed by atoms with Gasteiger partial charge < -0.3 is 14.7 Å². The molecule has 2 N–H and O–H groups in total. The standard InChI is InChI=1S/C32H40N2O6S2/c1-22(2)41-29-20-26(16-17-27(29)30(36)33-42(6,38)39)24-14-12-23(13-15-24)18-19-34(32(3,4)5)31(37)40-21-28(35)25-10-8-7-9-11-25/h7-17,20,22,28,35H,18-19,21H2,1-6H3,(H,33,36)/t28-/m0/s1. The number of aliphatic hydroxyl groups excluding tert-OH is 1. The van der Waals surface area contributed by atoms with E-state index in [2.05, 4.69) is 0 Å². The highest BCUT2D eigenvalue weighted by Crippen LogP contribution is 2.32. The lowest BCUT2D eigenvalue weighted by Gasteiger charge is -2.35. The fraction of sp³-hybridized carbons (Fsp3) is 0.375. The second-order valence-corrected chi connectivity index (χ2v) is 14.7. The summed E-state index contributed by atoms with van der Waals surface area (Å²) in [6.45, 7) is 10.1. The van der Waals surface area contributed by atoms with Gasteiger partial charge in [-0.1, -0.05) is 74.5 Å². The molecule has 3 rings (SSSR count). The van der Waals surface area contributed by atoms with E-state index in [1.165, 1.54) is 11.8 Å². The molecule has 0 aliphatic rings. The van der Waals surface area contributed by atoms with E-state index in [1.807, 2.05) is 87.9 Å². The molecule has 0 radical (unpaired) electrons. The summed E-state index contributed by atoms with van der Waals surface area (Å²) >= 11 is 1.49. The lowest BCUT2D eigenvalue weighted by atomic mass is 10.0. The molecule has 3 aromatic rings. The Balaban J connectivity index is 1.70. The second kappa shape index (κ2) is 14.2. The van der Waals surface area contributed by atoms with Crippen LogP contribution in [0.25, 0.3) is 11.1 Å². The largest absolute Gasteiger partial charge is 0.446 e. The maximum atomic E-state index is 13.0. The molecule has 2 amide bonds. The Bertz CT molecular complexity index is 1470. The highest BCUT2D eigenvalue weighted by atomic mass is 32.2. The molecular weight excluding hydrogens is 572 g/mol. The summed E-state index contributed by atoms with van der Waals surface area (Å²) in [5.41, 5.74) is 3.40. The van der Waals surface area contributed by atoms with Crippen LogP contribution in [0.4, 0.5) is 4.79 Å². The molecule has 0 aliphatic heterocycles. The van der Waals surface area contributed by atoms with E-state index in [-0.39, 0.29) is 11.9 Å². The molecule has 0 saturated heterocycles. The van der Waals surface area contributed by atoms with Crippen molar-refractivity contribution < 1.29 is 27.9 Å². The number of carbonyl (C=O) groups is 2. The van der Waals surface area contributed by atoms with E-state index in [1.54, 1.807) is 29.2 Å². The molecule has 0 aliphatic carbocycles. The molecule has 0 heterocycles. The van der Waals surface area contributed by atoms with Crippen LogP contribution < -0.4 is 4.72 Å². The van der Waals surface area contributed by atoms with Crippen LogP contribution in [0, 0.1) is 0 Å². The SMILES string of the molecule is CC(C)Sc1cc(-c2ccc(CCN(C(=O)OC[C@H](O)c3ccccc3)C(C)(C)C)cc2)ccc1C(=O)NS(C)(=O)=O. The molecule has 0 fully saturated rings. The normalized spacial score (nSPS) is 12.6. The van der Waals surface area contributed by atoms with Crippen molar-refractivity contribution in [2.75, 3.05) is 19.4 Å². The Labute approximate surface area is 253 Å². The Morgan fingerprint density at radius 3 is 2.17 bits per heavy atom. The molecule has 226 valence electrons. The lowest BCUT2D eigenvalue weighted by Crippen LogP contribution is -2.47. The van der Waals surface area contributed by atoms with Gasteiger partial charge in [-0.2, -0.15) is 0 Å². The van der Waals surface area contributed by atoms with Crippen molar-refractivity contribution in [3.63, 3.8) is 0 Å². The Kier molecular flexibility index (Phi) is 11.2. The average molecular weight is 613 g/mol. The van der Waals surface area contributed by atoms with Crippen LogP contribution in [0.1, 0.15) is 62.2 Å². The summed E-state index contributed by atoms with van der Waals surface area (Å²) in [6.07, 6.45) is 0.180. The van der Waals surface area contributed by atoms with Gasteiger partial charge in [0.15, 0.2) is 0 Å². The molecule has 0 aromatic heterocycles. The Morgan fingerprint density at radius 1 is 0.976 bits per heavy atom. The molecule has 0 saturated carbocycles. The third-order valence-electron chi connectivity index (χ3n) is 6.36. The van der Waals surface area contributed by atoms with Crippen LogP contribution in [0.15, 0.2) is 77.7 Å². The van der Waals surface area contributed by atoms with Gasteiger partial charge in [0.1, 0.15) is 12.7 Å². The van der Waals surface area contributed by atoms with Crippen molar-refractivity contribution in [3.05, 3.63) is 89.5 Å². The van der Waals surface area contributed by atoms with Gasteiger partial charge in [0.25, 0.3) is 5.91 Å². The van der Waals surface area contributed by atoms with Crippen molar-refractivity contribution in [1.82, 2.24) is 9.62 Å². The zero-order valence-corrected chi connectivity index (χ0v) is 26.6. The van der Waals surface area contributed by atoms with Gasteiger partial charge in [-0.25, -0.2) is 17.9 Å². The number of ether oxygens (including phenoxy) is 1. The molecule has 8 nitrogen and oxygen atoms in total. The highest BCUT2D eigenvalue weighted by molar-refractivity contribution is 8.00. The molecule has 0 unspecified atom stereocenters. The fourth-order valence-electron chi connectivity index (χ4n) is 4.27. The van der Waals surface area contributed by atoms with Crippen LogP contribution in [0.5, 0.6) is 0 Å². The maximum Gasteiger partial charge on any atom is 0.410 e. The molecular formula is C32H40N2O6S2. The number of aliphatic hydroxyl groups is 1. The molecule has 1 atom stereocenters. The van der Waals surface area contributed by atoms with Gasteiger partial charge in [0.05, 0.1) is 11.8 Å². The van der Waals surface area contributed by atoms with Crippen LogP contribution in [-0.2, 0) is 21.2 Å². The van der Waals surface area contributed by atoms with Gasteiger partial charge in [-0.3, -0.25) is 4.79 Å². The van der Waals surface area contributed by atoms with Crippen molar-refractivity contribution in [2.45, 2.75) is 62.8 Å². The van der Waals surface area contributed by atoms with Crippen LogP contribution in [0.2, 0.25) is 0 Å². The molecule has 10 heteroatoms. The predicted molar refractivity (Wildman–Crippen MR) is 168 cm³/mol. The van der Waals surface area contributed by atoms with Gasteiger partial charge in [-0.05, 0) is 61.6 Å². The van der Waals surface area contributed by atoms with Crippen LogP contribution in [-0.4, -0.2) is 60.6 Å². The molecule has 0 bridgehead atoms. The number of thioether (sulfide) groups is 1. The highest BCUT2D eigenvalue weighted by Gasteiger charge is 2.28. The van der Waals surface area contributed by atoms with Gasteiger partial charge in [-0.15, -0.1) is 11.8 Å². The monoisotopic (exact) mass is 612 g/mol. The number of rotatable bonds is 11. The van der Waals surface area contributed by atoms with Crippen molar-refractivity contribution in [2.24, 2.45) is 0 Å². The van der Waals surface area contributed by atoms with E-state index in [0.29, 0.717) is 29.0 Å². The lowest BCUT2D eigenvalue weighted by molar-refractivity contribution is 0.0298. The topological polar surface area (TPSA) is 113 Å². The van der Waals surface area contributed by atoms with E-state index in [0.717, 1.165) is 22.9 Å². The number of carbonyl (C=O) groups excluding carboxylic acids is 2. The minimum Gasteiger partial charge on any atom is -0.446 e. The summed E-state index contributed by atoms with van der Waals surface area (Å²) < 4.78 is 30.7. The van der Waals surface area contributed by atoms with Crippen molar-refractivity contribution in [3.8, 4) is 11.1 Å². The molecule has 3 aromatic carbocycles. The Hall–Kier alpha value is -3.34. The minimum atomic E-state index is -3.68. The first-order chi connectivity index (χ1) is 19.6. The van der Waals surface area contributed by atoms with Crippen LogP contribution in [0.3, 0.4) is 0 Å². The average Bonchev–Trinajstić information content (AvgIpc) is 2.90. The number of hydrogen-bond acceptors (Lipinski definition) is 7. The number of nitrogens with zero attached hydrogens (tertiary/aromatic N) is 1. The zero-order chi connectivity index (χ0) is 31.1. The summed E-state index contributed by atoms with van der Waals surface area (Å²) in [5, 5.41) is 10.6. The number of hydrogen-bond donors (Lipinski definition) is 2. The summed E-state index contributed by atoms with van der Waals surface area (Å²) in [4.78, 5) is 27.9. The third-order valence-corrected chi connectivity index (χ3v) is 7.98. The minimum absolute atomic E-state index is 0.129. The number of sulfonamides is 1. The van der Waals surface area contributed by atoms with Crippen LogP contribution >= 0.6 is 11.8 Å². The maximum absolute atomic E-state index is 13.0. The summed E-state index contributed by atoms with van der Waals surface area (Å²) in [6, 6.07) is 22.4. The predicted octanol–water partition coefficient (Wildman–Crippen LogP) is 6.06. The van der Waals surface area contributed by atoms with Gasteiger partial charge in [0.2, 0.25) is 10.0 Å². The van der Waals surface area contributed by atoms with Crippen molar-refractivity contribution in [1.29, 1.82) is 0 Å². The van der Waals surface area contributed by atoms with Crippen molar-refractivity contribution >= 4 is 33.8 Å². The van der Waals surface area contributed by atoms with E-state index >= 15 is 0 Å². The van der Waals surface area contributed by atoms with Gasteiger partial charge >= 0.3 is 6.09 Å². The van der Waals surface area contributed by atoms with E-state index in [9.17, 15) is 23.1 Å². The quantitative estimate of drug-likeness (QED) is 0.253. The third kappa shape index (κ3) is 9.89. The first-order valence-corrected chi connectivity index (χ1v) is 16.5. The Morgan fingerprint density at radius 2 is 1.60 bits per heavy atom. The summed E-state index contributed by atoms with van der Waals surface area (Å²) in [7, 11) is -3.68. The molecule has 0 spiro atoms. The summed E-state index contributed by atoms with van der Waals surface area (Å²) in [5.74, 6) is -0.654. The fourth-order valence-corrected chi connectivity index (χ4v) is 5.71. The molecule has 42 heavy (non-hydrogen) atoms. The number of nitrogens with one attached hydrogen (secondary N) is 1. The smallest absolute Gasteiger partial charge is 0.410 e. The second-order valence-electron chi connectivity index (χ2n) is 11.4. The zero-order valence-electron chi connectivity index (χ0n) is 25.0. The first kappa shape index (κ1) is 33.2. The number of benzene rings is 3. The van der Waals surface area contributed by atoms with E-state index in [4.69, 9.17) is 4.74 Å². The number of amides is 2. The van der Waals surface area contributed by atoms with Gasteiger partial charge in [0, 0.05) is 22.2 Å². The van der Waals surface area contributed by atoms with E-state index < -0.39 is 33.7 Å².